The van der Waals surface area contributed by atoms with E-state index in [9.17, 15) is 4.79 Å². The second kappa shape index (κ2) is 7.56. The van der Waals surface area contributed by atoms with Gasteiger partial charge in [0.2, 0.25) is 0 Å². The molecule has 0 fully saturated rings. The van der Waals surface area contributed by atoms with Gasteiger partial charge in [-0.1, -0.05) is 0 Å². The lowest BCUT2D eigenvalue weighted by molar-refractivity contribution is 0.0679. The lowest BCUT2D eigenvalue weighted by atomic mass is 10.2. The second-order valence-corrected chi connectivity index (χ2v) is 5.81. The second-order valence-electron chi connectivity index (χ2n) is 4.90. The quantitative estimate of drug-likeness (QED) is 0.605. The highest BCUT2D eigenvalue weighted by Crippen LogP contribution is 2.20. The number of hydrazine groups is 1. The van der Waals surface area contributed by atoms with Crippen LogP contribution in [-0.2, 0) is 0 Å². The minimum absolute atomic E-state index is 0.0800. The highest BCUT2D eigenvalue weighted by Gasteiger charge is 2.23. The minimum Gasteiger partial charge on any atom is -0.335 e. The Hall–Kier alpha value is -1.18. The molecule has 0 bridgehead atoms. The van der Waals surface area contributed by atoms with Crippen molar-refractivity contribution in [3.63, 3.8) is 0 Å². The van der Waals surface area contributed by atoms with Crippen molar-refractivity contribution in [3.8, 4) is 0 Å². The number of nitrogen functional groups attached to an aromatic ring is 1. The number of hydrogen-bond acceptors (Lipinski definition) is 5. The van der Waals surface area contributed by atoms with Gasteiger partial charge in [0.25, 0.3) is 5.91 Å². The van der Waals surface area contributed by atoms with Crippen molar-refractivity contribution in [2.24, 2.45) is 5.84 Å². The van der Waals surface area contributed by atoms with Gasteiger partial charge in [-0.25, -0.2) is 10.8 Å². The molecule has 0 aromatic carbocycles. The van der Waals surface area contributed by atoms with E-state index >= 15 is 0 Å². The zero-order valence-corrected chi connectivity index (χ0v) is 13.9. The topological polar surface area (TPSA) is 74.5 Å². The number of likely N-dealkylation sites (N-methyl/N-ethyl adjacent to an activating group) is 2. The molecule has 1 amide bonds. The number of nitrogens with zero attached hydrogens (tertiary/aromatic N) is 3. The maximum Gasteiger partial charge on any atom is 0.257 e. The summed E-state index contributed by atoms with van der Waals surface area (Å²) < 4.78 is 0.746. The lowest BCUT2D eigenvalue weighted by Crippen LogP contribution is -2.44. The molecule has 1 unspecified atom stereocenters. The fraction of sp³-hybridized carbons (Fsp3) is 0.538. The van der Waals surface area contributed by atoms with Crippen molar-refractivity contribution in [2.75, 3.05) is 32.6 Å². The number of anilines is 1. The molecule has 0 aliphatic heterocycles. The summed E-state index contributed by atoms with van der Waals surface area (Å²) in [5, 5.41) is 0. The molecule has 0 radical (unpaired) electrons. The first-order chi connectivity index (χ1) is 9.40. The van der Waals surface area contributed by atoms with Crippen LogP contribution in [0.1, 0.15) is 24.2 Å². The number of hydrogen-bond donors (Lipinski definition) is 2. The number of pyridine rings is 1. The van der Waals surface area contributed by atoms with Crippen LogP contribution in [0, 0.1) is 0 Å². The summed E-state index contributed by atoms with van der Waals surface area (Å²) in [6, 6.07) is 1.84. The van der Waals surface area contributed by atoms with E-state index < -0.39 is 0 Å². The lowest BCUT2D eigenvalue weighted by Gasteiger charge is -2.30. The zero-order valence-electron chi connectivity index (χ0n) is 12.4. The Kier molecular flexibility index (Phi) is 6.38. The van der Waals surface area contributed by atoms with E-state index in [1.807, 2.05) is 32.8 Å². The van der Waals surface area contributed by atoms with E-state index in [1.54, 1.807) is 12.3 Å². The highest BCUT2D eigenvalue weighted by atomic mass is 79.9. The van der Waals surface area contributed by atoms with Crippen molar-refractivity contribution < 1.29 is 4.79 Å². The highest BCUT2D eigenvalue weighted by molar-refractivity contribution is 9.10. The molecular formula is C13H22BrN5O. The van der Waals surface area contributed by atoms with Crippen molar-refractivity contribution in [1.82, 2.24) is 14.8 Å². The van der Waals surface area contributed by atoms with Crippen molar-refractivity contribution >= 4 is 27.7 Å². The Labute approximate surface area is 128 Å². The van der Waals surface area contributed by atoms with Crippen LogP contribution >= 0.6 is 15.9 Å². The number of amides is 1. The van der Waals surface area contributed by atoms with Crippen molar-refractivity contribution in [3.05, 3.63) is 22.3 Å². The van der Waals surface area contributed by atoms with Gasteiger partial charge in [-0.15, -0.1) is 0 Å². The van der Waals surface area contributed by atoms with Gasteiger partial charge in [-0.05, 0) is 49.9 Å². The summed E-state index contributed by atoms with van der Waals surface area (Å²) in [7, 11) is 3.98. The normalized spacial score (nSPS) is 12.3. The summed E-state index contributed by atoms with van der Waals surface area (Å²) in [6.07, 6.45) is 1.60. The first kappa shape index (κ1) is 16.9. The summed E-state index contributed by atoms with van der Waals surface area (Å²) in [5.41, 5.74) is 2.94. The van der Waals surface area contributed by atoms with Crippen molar-refractivity contribution in [2.45, 2.75) is 19.9 Å². The SMILES string of the molecule is CCN(C(=O)c1cc(Br)cnc1NN)C(C)CN(C)C. The summed E-state index contributed by atoms with van der Waals surface area (Å²) in [6.45, 7) is 5.42. The van der Waals surface area contributed by atoms with Crippen LogP contribution in [0.5, 0.6) is 0 Å². The molecule has 112 valence electrons. The van der Waals surface area contributed by atoms with Gasteiger partial charge in [0.1, 0.15) is 0 Å². The fourth-order valence-electron chi connectivity index (χ4n) is 2.15. The number of aromatic nitrogens is 1. The Morgan fingerprint density at radius 2 is 2.20 bits per heavy atom. The molecule has 7 heteroatoms. The fourth-order valence-corrected chi connectivity index (χ4v) is 2.49. The Morgan fingerprint density at radius 1 is 1.55 bits per heavy atom. The van der Waals surface area contributed by atoms with E-state index in [4.69, 9.17) is 5.84 Å². The number of carbonyl (C=O) groups is 1. The molecule has 0 aliphatic rings. The Balaban J connectivity index is 3.04. The number of carbonyl (C=O) groups excluding carboxylic acids is 1. The molecule has 0 aliphatic carbocycles. The minimum atomic E-state index is -0.0800. The van der Waals surface area contributed by atoms with Crippen LogP contribution in [0.3, 0.4) is 0 Å². The predicted octanol–water partition coefficient (Wildman–Crippen LogP) is 1.54. The molecule has 3 N–H and O–H groups in total. The van der Waals surface area contributed by atoms with E-state index in [-0.39, 0.29) is 11.9 Å². The molecule has 1 aromatic rings. The molecule has 20 heavy (non-hydrogen) atoms. The third kappa shape index (κ3) is 4.16. The molecule has 1 atom stereocenters. The first-order valence-corrected chi connectivity index (χ1v) is 7.27. The summed E-state index contributed by atoms with van der Waals surface area (Å²) >= 11 is 3.33. The Morgan fingerprint density at radius 3 is 2.70 bits per heavy atom. The van der Waals surface area contributed by atoms with Crippen LogP contribution in [0.15, 0.2) is 16.7 Å². The monoisotopic (exact) mass is 343 g/mol. The third-order valence-corrected chi connectivity index (χ3v) is 3.42. The Bertz CT molecular complexity index is 466. The molecular weight excluding hydrogens is 322 g/mol. The van der Waals surface area contributed by atoms with E-state index in [0.717, 1.165) is 11.0 Å². The van der Waals surface area contributed by atoms with Gasteiger partial charge in [-0.2, -0.15) is 0 Å². The first-order valence-electron chi connectivity index (χ1n) is 6.48. The summed E-state index contributed by atoms with van der Waals surface area (Å²) in [5.74, 6) is 5.73. The maximum absolute atomic E-state index is 12.7. The van der Waals surface area contributed by atoms with E-state index in [1.165, 1.54) is 0 Å². The van der Waals surface area contributed by atoms with Gasteiger partial charge in [-0.3, -0.25) is 4.79 Å². The number of nitrogens with two attached hydrogens (primary N) is 1. The van der Waals surface area contributed by atoms with Crippen molar-refractivity contribution in [1.29, 1.82) is 0 Å². The smallest absolute Gasteiger partial charge is 0.257 e. The maximum atomic E-state index is 12.7. The molecule has 1 aromatic heterocycles. The van der Waals surface area contributed by atoms with Crippen LogP contribution in [0.4, 0.5) is 5.82 Å². The molecule has 1 rings (SSSR count). The number of nitrogens with one attached hydrogen (secondary N) is 1. The number of rotatable bonds is 6. The van der Waals surface area contributed by atoms with E-state index in [2.05, 4.69) is 31.2 Å². The van der Waals surface area contributed by atoms with Gasteiger partial charge in [0.05, 0.1) is 5.56 Å². The van der Waals surface area contributed by atoms with Crippen LogP contribution < -0.4 is 11.3 Å². The number of halogens is 1. The standard InChI is InChI=1S/C13H22BrN5O/c1-5-19(9(2)8-18(3)4)13(20)11-6-10(14)7-16-12(11)17-15/h6-7,9H,5,8,15H2,1-4H3,(H,16,17). The molecule has 0 saturated heterocycles. The molecule has 0 saturated carbocycles. The molecule has 6 nitrogen and oxygen atoms in total. The average molecular weight is 344 g/mol. The molecule has 0 spiro atoms. The summed E-state index contributed by atoms with van der Waals surface area (Å²) in [4.78, 5) is 20.7. The predicted molar refractivity (Wildman–Crippen MR) is 84.5 cm³/mol. The van der Waals surface area contributed by atoms with Crippen LogP contribution in [0.2, 0.25) is 0 Å². The largest absolute Gasteiger partial charge is 0.335 e. The van der Waals surface area contributed by atoms with Gasteiger partial charge >= 0.3 is 0 Å². The molecule has 1 heterocycles. The van der Waals surface area contributed by atoms with Gasteiger partial charge in [0.15, 0.2) is 5.82 Å². The van der Waals surface area contributed by atoms with Gasteiger partial charge < -0.3 is 15.2 Å². The zero-order chi connectivity index (χ0) is 15.3. The third-order valence-electron chi connectivity index (χ3n) is 2.98. The van der Waals surface area contributed by atoms with E-state index in [0.29, 0.717) is 17.9 Å². The van der Waals surface area contributed by atoms with Gasteiger partial charge in [0, 0.05) is 29.8 Å². The van der Waals surface area contributed by atoms with Crippen LogP contribution in [0.25, 0.3) is 0 Å². The average Bonchev–Trinajstić information content (AvgIpc) is 2.38. The van der Waals surface area contributed by atoms with Crippen LogP contribution in [-0.4, -0.2) is 53.9 Å².